The molecule has 1 fully saturated rings. The maximum Gasteiger partial charge on any atom is 0.249 e. The Morgan fingerprint density at radius 2 is 1.67 bits per heavy atom. The molecule has 0 unspecified atom stereocenters. The summed E-state index contributed by atoms with van der Waals surface area (Å²) in [5.41, 5.74) is 10.1. The largest absolute Gasteiger partial charge is 0.497 e. The van der Waals surface area contributed by atoms with Crippen LogP contribution in [0.1, 0.15) is 64.6 Å². The molecule has 0 aliphatic heterocycles. The maximum absolute atomic E-state index is 12.2. The molecule has 0 bridgehead atoms. The zero-order chi connectivity index (χ0) is 19.0. The molecule has 0 saturated heterocycles. The topological polar surface area (TPSA) is 61.5 Å². The number of hydrogen-bond acceptors (Lipinski definition) is 3. The number of benzene rings is 2. The quantitative estimate of drug-likeness (QED) is 0.873. The number of fused-ring (bicyclic) bond motifs is 3. The highest BCUT2D eigenvalue weighted by molar-refractivity contribution is 5.95. The summed E-state index contributed by atoms with van der Waals surface area (Å²) in [5.74, 6) is 2.69. The summed E-state index contributed by atoms with van der Waals surface area (Å²) in [4.78, 5) is 12.2. The minimum Gasteiger partial charge on any atom is -0.497 e. The molecule has 4 nitrogen and oxygen atoms in total. The van der Waals surface area contributed by atoms with Gasteiger partial charge >= 0.3 is 0 Å². The van der Waals surface area contributed by atoms with Crippen LogP contribution in [0.25, 0.3) is 0 Å². The Labute approximate surface area is 160 Å². The lowest BCUT2D eigenvalue weighted by Crippen LogP contribution is -2.32. The molecule has 27 heavy (non-hydrogen) atoms. The van der Waals surface area contributed by atoms with Crippen LogP contribution in [0.4, 0.5) is 0 Å². The zero-order valence-electron chi connectivity index (χ0n) is 16.0. The van der Waals surface area contributed by atoms with Crippen molar-refractivity contribution in [1.29, 1.82) is 0 Å². The van der Waals surface area contributed by atoms with Crippen LogP contribution in [0.3, 0.4) is 0 Å². The van der Waals surface area contributed by atoms with E-state index in [1.807, 2.05) is 12.1 Å². The molecule has 0 radical (unpaired) electrons. The van der Waals surface area contributed by atoms with Gasteiger partial charge in [0.05, 0.1) is 14.2 Å². The fourth-order valence-corrected chi connectivity index (χ4v) is 5.18. The fraction of sp³-hybridized carbons (Fsp3) is 0.435. The van der Waals surface area contributed by atoms with Crippen LogP contribution < -0.4 is 15.2 Å². The highest BCUT2D eigenvalue weighted by Gasteiger charge is 2.40. The highest BCUT2D eigenvalue weighted by atomic mass is 16.5. The van der Waals surface area contributed by atoms with Gasteiger partial charge < -0.3 is 15.2 Å². The van der Waals surface area contributed by atoms with Gasteiger partial charge in [0.25, 0.3) is 0 Å². The van der Waals surface area contributed by atoms with Crippen molar-refractivity contribution in [2.24, 2.45) is 11.7 Å². The number of amides is 1. The van der Waals surface area contributed by atoms with Crippen LogP contribution in [-0.4, -0.2) is 20.1 Å². The normalized spacial score (nSPS) is 23.9. The van der Waals surface area contributed by atoms with Crippen molar-refractivity contribution >= 4 is 5.91 Å². The summed E-state index contributed by atoms with van der Waals surface area (Å²) in [5, 5.41) is 0. The predicted octanol–water partition coefficient (Wildman–Crippen LogP) is 4.42. The first-order valence-corrected chi connectivity index (χ1v) is 9.77. The van der Waals surface area contributed by atoms with E-state index in [4.69, 9.17) is 15.2 Å². The number of carbonyl (C=O) groups excluding carboxylic acids is 1. The van der Waals surface area contributed by atoms with Crippen LogP contribution in [0.2, 0.25) is 0 Å². The van der Waals surface area contributed by atoms with Gasteiger partial charge in [0.15, 0.2) is 0 Å². The standard InChI is InChI=1S/C23H27NO3/c1-26-15-9-7-14(8-10-15)19-13-21-20(18-6-4-3-5-17(18)19)11-16(27-2)12-22(21)23(24)25/h7-12,17-19H,3-6,13H2,1-2H3,(H2,24,25)/t17-,18+,19-/m0/s1. The first kappa shape index (κ1) is 17.9. The summed E-state index contributed by atoms with van der Waals surface area (Å²) < 4.78 is 10.8. The first-order chi connectivity index (χ1) is 13.1. The molecule has 142 valence electrons. The molecule has 2 aromatic rings. The molecular weight excluding hydrogens is 338 g/mol. The van der Waals surface area contributed by atoms with E-state index in [-0.39, 0.29) is 5.91 Å². The number of rotatable bonds is 4. The minimum absolute atomic E-state index is 0.368. The summed E-state index contributed by atoms with van der Waals surface area (Å²) in [6, 6.07) is 12.4. The summed E-state index contributed by atoms with van der Waals surface area (Å²) in [7, 11) is 3.34. The van der Waals surface area contributed by atoms with E-state index in [0.29, 0.717) is 23.3 Å². The number of nitrogens with two attached hydrogens (primary N) is 1. The fourth-order valence-electron chi connectivity index (χ4n) is 5.18. The molecule has 0 aromatic heterocycles. The van der Waals surface area contributed by atoms with Crippen LogP contribution in [0, 0.1) is 5.92 Å². The van der Waals surface area contributed by atoms with E-state index >= 15 is 0 Å². The van der Waals surface area contributed by atoms with Crippen molar-refractivity contribution in [3.05, 3.63) is 58.7 Å². The van der Waals surface area contributed by atoms with Gasteiger partial charge in [0.1, 0.15) is 11.5 Å². The third-order valence-corrected chi connectivity index (χ3v) is 6.46. The van der Waals surface area contributed by atoms with Crippen molar-refractivity contribution in [3.8, 4) is 11.5 Å². The molecule has 2 aliphatic rings. The van der Waals surface area contributed by atoms with Gasteiger partial charge in [-0.05, 0) is 78.0 Å². The van der Waals surface area contributed by atoms with Crippen LogP contribution in [0.15, 0.2) is 36.4 Å². The second kappa shape index (κ2) is 7.26. The smallest absolute Gasteiger partial charge is 0.249 e. The van der Waals surface area contributed by atoms with Crippen molar-refractivity contribution in [2.75, 3.05) is 14.2 Å². The lowest BCUT2D eigenvalue weighted by Gasteiger charge is -2.43. The van der Waals surface area contributed by atoms with Gasteiger partial charge in [-0.25, -0.2) is 0 Å². The lowest BCUT2D eigenvalue weighted by atomic mass is 9.61. The first-order valence-electron chi connectivity index (χ1n) is 9.77. The second-order valence-corrected chi connectivity index (χ2v) is 7.75. The van der Waals surface area contributed by atoms with E-state index in [2.05, 4.69) is 18.2 Å². The lowest BCUT2D eigenvalue weighted by molar-refractivity contribution is 0.0997. The predicted molar refractivity (Wildman–Crippen MR) is 106 cm³/mol. The molecule has 0 spiro atoms. The number of carbonyl (C=O) groups is 1. The van der Waals surface area contributed by atoms with E-state index in [9.17, 15) is 4.79 Å². The van der Waals surface area contributed by atoms with Gasteiger partial charge in [-0.15, -0.1) is 0 Å². The molecule has 4 heteroatoms. The average molecular weight is 365 g/mol. The van der Waals surface area contributed by atoms with E-state index in [1.165, 1.54) is 30.4 Å². The van der Waals surface area contributed by atoms with Gasteiger partial charge in [0.2, 0.25) is 5.91 Å². The molecule has 3 atom stereocenters. The van der Waals surface area contributed by atoms with Crippen molar-refractivity contribution in [2.45, 2.75) is 43.9 Å². The Hall–Kier alpha value is -2.49. The zero-order valence-corrected chi connectivity index (χ0v) is 16.0. The van der Waals surface area contributed by atoms with Crippen molar-refractivity contribution in [1.82, 2.24) is 0 Å². The van der Waals surface area contributed by atoms with Gasteiger partial charge in [-0.1, -0.05) is 25.0 Å². The Bertz CT molecular complexity index is 843. The monoisotopic (exact) mass is 365 g/mol. The summed E-state index contributed by atoms with van der Waals surface area (Å²) in [6.07, 6.45) is 5.75. The van der Waals surface area contributed by atoms with E-state index < -0.39 is 0 Å². The Morgan fingerprint density at radius 3 is 2.33 bits per heavy atom. The highest BCUT2D eigenvalue weighted by Crippen LogP contribution is 2.52. The van der Waals surface area contributed by atoms with E-state index in [1.54, 1.807) is 20.3 Å². The Balaban J connectivity index is 1.82. The molecule has 4 rings (SSSR count). The third-order valence-electron chi connectivity index (χ3n) is 6.46. The second-order valence-electron chi connectivity index (χ2n) is 7.75. The molecule has 0 heterocycles. The van der Waals surface area contributed by atoms with Crippen LogP contribution in [-0.2, 0) is 6.42 Å². The molecular formula is C23H27NO3. The Morgan fingerprint density at radius 1 is 0.963 bits per heavy atom. The van der Waals surface area contributed by atoms with Gasteiger partial charge in [-0.3, -0.25) is 4.79 Å². The van der Waals surface area contributed by atoms with Gasteiger partial charge in [0, 0.05) is 5.56 Å². The molecule has 1 amide bonds. The SMILES string of the molecule is COc1ccc([C@@H]2Cc3c(C(N)=O)cc(OC)cc3[C@@H]3CCCC[C@H]23)cc1. The molecule has 2 aliphatic carbocycles. The number of hydrogen-bond donors (Lipinski definition) is 1. The third kappa shape index (κ3) is 3.18. The van der Waals surface area contributed by atoms with Crippen LogP contribution in [0.5, 0.6) is 11.5 Å². The maximum atomic E-state index is 12.2. The number of methoxy groups -OCH3 is 2. The number of ether oxygens (including phenoxy) is 2. The summed E-state index contributed by atoms with van der Waals surface area (Å²) in [6.45, 7) is 0. The minimum atomic E-state index is -0.368. The summed E-state index contributed by atoms with van der Waals surface area (Å²) >= 11 is 0. The van der Waals surface area contributed by atoms with Crippen molar-refractivity contribution < 1.29 is 14.3 Å². The number of primary amides is 1. The molecule has 1 saturated carbocycles. The Kier molecular flexibility index (Phi) is 4.81. The van der Waals surface area contributed by atoms with E-state index in [0.717, 1.165) is 29.9 Å². The molecule has 2 N–H and O–H groups in total. The van der Waals surface area contributed by atoms with Gasteiger partial charge in [-0.2, -0.15) is 0 Å². The molecule has 2 aromatic carbocycles. The van der Waals surface area contributed by atoms with Crippen LogP contribution >= 0.6 is 0 Å². The van der Waals surface area contributed by atoms with Crippen molar-refractivity contribution in [3.63, 3.8) is 0 Å². The average Bonchev–Trinajstić information content (AvgIpc) is 2.72.